The van der Waals surface area contributed by atoms with Crippen molar-refractivity contribution in [3.63, 3.8) is 0 Å². The Morgan fingerprint density at radius 2 is 1.95 bits per heavy atom. The number of carbonyl (C=O) groups is 1. The maximum Gasteiger partial charge on any atom is 0.228 e. The number of aromatic nitrogens is 2. The second-order valence-corrected chi connectivity index (χ2v) is 4.65. The van der Waals surface area contributed by atoms with Crippen molar-refractivity contribution >= 4 is 24.0 Å². The predicted octanol–water partition coefficient (Wildman–Crippen LogP) is 2.22. The van der Waals surface area contributed by atoms with Crippen molar-refractivity contribution in [1.82, 2.24) is 9.78 Å². The van der Waals surface area contributed by atoms with E-state index in [1.807, 2.05) is 44.2 Å². The lowest BCUT2D eigenvalue weighted by atomic mass is 10.0. The fraction of sp³-hybridized carbons (Fsp3) is 0.286. The first-order chi connectivity index (χ1) is 9.08. The van der Waals surface area contributed by atoms with E-state index < -0.39 is 0 Å². The molecule has 0 saturated heterocycles. The Hall–Kier alpha value is -1.85. The lowest BCUT2D eigenvalue weighted by Gasteiger charge is -2.14. The van der Waals surface area contributed by atoms with Crippen LogP contribution in [0.4, 0.5) is 5.69 Å². The van der Waals surface area contributed by atoms with Crippen LogP contribution in [0.3, 0.4) is 0 Å². The molecule has 0 bridgehead atoms. The van der Waals surface area contributed by atoms with Gasteiger partial charge in [0.15, 0.2) is 0 Å². The smallest absolute Gasteiger partial charge is 0.228 e. The van der Waals surface area contributed by atoms with Gasteiger partial charge in [0.05, 0.1) is 29.7 Å². The zero-order chi connectivity index (χ0) is 13.8. The number of hydrogen-bond donors (Lipinski definition) is 2. The largest absolute Gasteiger partial charge is 0.327 e. The number of nitrogens with two attached hydrogens (primary N) is 1. The summed E-state index contributed by atoms with van der Waals surface area (Å²) in [5.74, 6) is -0.331. The lowest BCUT2D eigenvalue weighted by Crippen LogP contribution is -2.34. The van der Waals surface area contributed by atoms with Gasteiger partial charge in [-0.3, -0.25) is 4.79 Å². The van der Waals surface area contributed by atoms with Crippen LogP contribution in [0.1, 0.15) is 13.8 Å². The monoisotopic (exact) mass is 294 g/mol. The third-order valence-corrected chi connectivity index (χ3v) is 3.07. The van der Waals surface area contributed by atoms with Crippen molar-refractivity contribution in [3.05, 3.63) is 42.7 Å². The van der Waals surface area contributed by atoms with E-state index >= 15 is 0 Å². The third kappa shape index (κ3) is 3.82. The van der Waals surface area contributed by atoms with Gasteiger partial charge in [-0.25, -0.2) is 4.68 Å². The molecule has 1 aromatic heterocycles. The summed E-state index contributed by atoms with van der Waals surface area (Å²) < 4.78 is 1.71. The summed E-state index contributed by atoms with van der Waals surface area (Å²) in [5.41, 5.74) is 7.32. The standard InChI is InChI=1S/C14H18N4O.ClH/c1-10(11(2)15)14(19)17-12-8-16-18(9-12)13-6-4-3-5-7-13;/h3-11H,15H2,1-2H3,(H,17,19);1H. The van der Waals surface area contributed by atoms with E-state index in [0.717, 1.165) is 5.69 Å². The van der Waals surface area contributed by atoms with E-state index in [-0.39, 0.29) is 30.3 Å². The average Bonchev–Trinajstić information content (AvgIpc) is 2.87. The molecule has 5 nitrogen and oxygen atoms in total. The molecule has 0 saturated carbocycles. The predicted molar refractivity (Wildman–Crippen MR) is 82.3 cm³/mol. The maximum absolute atomic E-state index is 11.9. The fourth-order valence-electron chi connectivity index (χ4n) is 1.60. The van der Waals surface area contributed by atoms with Crippen LogP contribution in [-0.2, 0) is 4.79 Å². The summed E-state index contributed by atoms with van der Waals surface area (Å²) in [4.78, 5) is 11.9. The van der Waals surface area contributed by atoms with E-state index in [4.69, 9.17) is 5.73 Å². The van der Waals surface area contributed by atoms with Gasteiger partial charge in [0.2, 0.25) is 5.91 Å². The Bertz CT molecular complexity index is 553. The van der Waals surface area contributed by atoms with Crippen LogP contribution in [0, 0.1) is 5.92 Å². The Labute approximate surface area is 124 Å². The van der Waals surface area contributed by atoms with Crippen LogP contribution in [0.2, 0.25) is 0 Å². The Morgan fingerprint density at radius 3 is 2.55 bits per heavy atom. The molecule has 1 aromatic carbocycles. The first kappa shape index (κ1) is 16.2. The second kappa shape index (κ2) is 7.07. The lowest BCUT2D eigenvalue weighted by molar-refractivity contribution is -0.119. The molecule has 108 valence electrons. The van der Waals surface area contributed by atoms with Gasteiger partial charge in [0.25, 0.3) is 0 Å². The van der Waals surface area contributed by atoms with Crippen LogP contribution in [0.25, 0.3) is 5.69 Å². The molecule has 2 rings (SSSR count). The van der Waals surface area contributed by atoms with Gasteiger partial charge in [0, 0.05) is 6.04 Å². The number of para-hydroxylation sites is 1. The molecule has 0 aliphatic carbocycles. The highest BCUT2D eigenvalue weighted by atomic mass is 35.5. The molecule has 1 amide bonds. The Balaban J connectivity index is 0.00000200. The molecule has 6 heteroatoms. The van der Waals surface area contributed by atoms with E-state index in [1.54, 1.807) is 17.1 Å². The van der Waals surface area contributed by atoms with Crippen molar-refractivity contribution < 1.29 is 4.79 Å². The number of hydrogen-bond acceptors (Lipinski definition) is 3. The summed E-state index contributed by atoms with van der Waals surface area (Å²) in [6, 6.07) is 9.54. The van der Waals surface area contributed by atoms with Gasteiger partial charge in [0.1, 0.15) is 0 Å². The molecule has 0 aliphatic rings. The number of nitrogens with zero attached hydrogens (tertiary/aromatic N) is 2. The molecule has 2 unspecified atom stereocenters. The first-order valence-corrected chi connectivity index (χ1v) is 6.24. The topological polar surface area (TPSA) is 72.9 Å². The third-order valence-electron chi connectivity index (χ3n) is 3.07. The van der Waals surface area contributed by atoms with Gasteiger partial charge in [-0.2, -0.15) is 5.10 Å². The quantitative estimate of drug-likeness (QED) is 0.908. The molecule has 3 N–H and O–H groups in total. The summed E-state index contributed by atoms with van der Waals surface area (Å²) in [6.45, 7) is 3.62. The fourth-order valence-corrected chi connectivity index (χ4v) is 1.60. The van der Waals surface area contributed by atoms with Gasteiger partial charge < -0.3 is 11.1 Å². The van der Waals surface area contributed by atoms with Crippen molar-refractivity contribution in [3.8, 4) is 5.69 Å². The molecule has 2 atom stereocenters. The summed E-state index contributed by atoms with van der Waals surface area (Å²) in [5, 5.41) is 7.03. The van der Waals surface area contributed by atoms with Crippen molar-refractivity contribution in [1.29, 1.82) is 0 Å². The average molecular weight is 295 g/mol. The first-order valence-electron chi connectivity index (χ1n) is 6.24. The van der Waals surface area contributed by atoms with E-state index in [9.17, 15) is 4.79 Å². The van der Waals surface area contributed by atoms with Crippen LogP contribution in [-0.4, -0.2) is 21.7 Å². The molecule has 1 heterocycles. The molecule has 0 fully saturated rings. The minimum atomic E-state index is -0.236. The molecule has 0 radical (unpaired) electrons. The van der Waals surface area contributed by atoms with E-state index in [1.165, 1.54) is 0 Å². The summed E-state index contributed by atoms with van der Waals surface area (Å²) in [6.07, 6.45) is 3.40. The number of carbonyl (C=O) groups excluding carboxylic acids is 1. The Kier molecular flexibility index (Phi) is 5.73. The van der Waals surface area contributed by atoms with Crippen molar-refractivity contribution in [2.75, 3.05) is 5.32 Å². The van der Waals surface area contributed by atoms with Crippen LogP contribution >= 0.6 is 12.4 Å². The van der Waals surface area contributed by atoms with Crippen molar-refractivity contribution in [2.45, 2.75) is 19.9 Å². The molecule has 0 aliphatic heterocycles. The molecule has 0 spiro atoms. The van der Waals surface area contributed by atoms with E-state index in [0.29, 0.717) is 5.69 Å². The normalized spacial score (nSPS) is 13.2. The number of nitrogens with one attached hydrogen (secondary N) is 1. The highest BCUT2D eigenvalue weighted by Gasteiger charge is 2.17. The number of rotatable bonds is 4. The van der Waals surface area contributed by atoms with Crippen LogP contribution in [0.15, 0.2) is 42.7 Å². The van der Waals surface area contributed by atoms with Crippen molar-refractivity contribution in [2.24, 2.45) is 11.7 Å². The van der Waals surface area contributed by atoms with Gasteiger partial charge in [-0.15, -0.1) is 12.4 Å². The zero-order valence-electron chi connectivity index (χ0n) is 11.5. The maximum atomic E-state index is 11.9. The van der Waals surface area contributed by atoms with Gasteiger partial charge in [-0.05, 0) is 19.1 Å². The molecular formula is C14H19ClN4O. The zero-order valence-corrected chi connectivity index (χ0v) is 12.3. The molecular weight excluding hydrogens is 276 g/mol. The second-order valence-electron chi connectivity index (χ2n) is 4.65. The number of anilines is 1. The minimum absolute atomic E-state index is 0. The van der Waals surface area contributed by atoms with Crippen LogP contribution < -0.4 is 11.1 Å². The van der Waals surface area contributed by atoms with Gasteiger partial charge in [-0.1, -0.05) is 25.1 Å². The highest BCUT2D eigenvalue weighted by molar-refractivity contribution is 5.92. The van der Waals surface area contributed by atoms with Crippen LogP contribution in [0.5, 0.6) is 0 Å². The minimum Gasteiger partial charge on any atom is -0.327 e. The number of halogens is 1. The number of benzene rings is 1. The Morgan fingerprint density at radius 1 is 1.30 bits per heavy atom. The molecule has 2 aromatic rings. The number of amides is 1. The SMILES string of the molecule is CC(N)C(C)C(=O)Nc1cnn(-c2ccccc2)c1.Cl. The molecule has 20 heavy (non-hydrogen) atoms. The summed E-state index contributed by atoms with van der Waals surface area (Å²) >= 11 is 0. The highest BCUT2D eigenvalue weighted by Crippen LogP contribution is 2.12. The van der Waals surface area contributed by atoms with Gasteiger partial charge >= 0.3 is 0 Å². The summed E-state index contributed by atoms with van der Waals surface area (Å²) in [7, 11) is 0. The van der Waals surface area contributed by atoms with E-state index in [2.05, 4.69) is 10.4 Å².